The maximum absolute atomic E-state index is 3.63. The topological polar surface area (TPSA) is 0 Å². The van der Waals surface area contributed by atoms with Crippen LogP contribution in [0, 0.1) is 0 Å². The van der Waals surface area contributed by atoms with E-state index in [1.807, 2.05) is 12.2 Å². The van der Waals surface area contributed by atoms with Crippen LogP contribution in [0.15, 0.2) is 48.6 Å². The largest absolute Gasteiger partial charge is 0.0991 e. The summed E-state index contributed by atoms with van der Waals surface area (Å²) in [6.45, 7) is 7.98. The van der Waals surface area contributed by atoms with Gasteiger partial charge in [0.05, 0.1) is 0 Å². The standard InChI is InChI=1S/C13H20/c1-4-7-9-12-13(10-6-3)11-8-5-2/h4,7-9,11-12H,1,5-6,10H2,2-3H3/b9-7-,11-8-,13-12+. The third-order valence-corrected chi connectivity index (χ3v) is 1.66. The molecule has 0 bridgehead atoms. The molecule has 0 heterocycles. The molecule has 0 aliphatic heterocycles. The molecule has 0 saturated carbocycles. The lowest BCUT2D eigenvalue weighted by Gasteiger charge is -1.96. The summed E-state index contributed by atoms with van der Waals surface area (Å²) in [7, 11) is 0. The summed E-state index contributed by atoms with van der Waals surface area (Å²) in [5.41, 5.74) is 1.39. The van der Waals surface area contributed by atoms with Crippen molar-refractivity contribution in [2.75, 3.05) is 0 Å². The van der Waals surface area contributed by atoms with Gasteiger partial charge in [-0.3, -0.25) is 0 Å². The van der Waals surface area contributed by atoms with Crippen LogP contribution in [0.25, 0.3) is 0 Å². The highest BCUT2D eigenvalue weighted by Crippen LogP contribution is 2.07. The molecule has 0 heteroatoms. The third kappa shape index (κ3) is 7.32. The van der Waals surface area contributed by atoms with Gasteiger partial charge in [-0.1, -0.05) is 63.3 Å². The second kappa shape index (κ2) is 9.05. The summed E-state index contributed by atoms with van der Waals surface area (Å²) < 4.78 is 0. The van der Waals surface area contributed by atoms with Crippen LogP contribution >= 0.6 is 0 Å². The first-order valence-corrected chi connectivity index (χ1v) is 4.99. The van der Waals surface area contributed by atoms with Crippen molar-refractivity contribution in [1.29, 1.82) is 0 Å². The predicted molar refractivity (Wildman–Crippen MR) is 61.8 cm³/mol. The van der Waals surface area contributed by atoms with E-state index < -0.39 is 0 Å². The Balaban J connectivity index is 4.21. The Kier molecular flexibility index (Phi) is 8.33. The summed E-state index contributed by atoms with van der Waals surface area (Å²) in [5, 5.41) is 0. The Bertz CT molecular complexity index is 204. The van der Waals surface area contributed by atoms with Gasteiger partial charge in [-0.25, -0.2) is 0 Å². The van der Waals surface area contributed by atoms with Crippen molar-refractivity contribution in [3.05, 3.63) is 48.6 Å². The van der Waals surface area contributed by atoms with E-state index in [4.69, 9.17) is 0 Å². The lowest BCUT2D eigenvalue weighted by atomic mass is 10.1. The zero-order valence-corrected chi connectivity index (χ0v) is 8.79. The predicted octanol–water partition coefficient (Wildman–Crippen LogP) is 4.42. The van der Waals surface area contributed by atoms with E-state index in [2.05, 4.69) is 38.7 Å². The average molecular weight is 176 g/mol. The normalized spacial score (nSPS) is 12.9. The van der Waals surface area contributed by atoms with Gasteiger partial charge < -0.3 is 0 Å². The van der Waals surface area contributed by atoms with Gasteiger partial charge in [0.2, 0.25) is 0 Å². The zero-order chi connectivity index (χ0) is 9.94. The van der Waals surface area contributed by atoms with Gasteiger partial charge in [0.25, 0.3) is 0 Å². The van der Waals surface area contributed by atoms with Gasteiger partial charge in [-0.2, -0.15) is 0 Å². The molecule has 0 N–H and O–H groups in total. The van der Waals surface area contributed by atoms with E-state index in [1.165, 1.54) is 12.0 Å². The summed E-state index contributed by atoms with van der Waals surface area (Å²) in [6, 6.07) is 0. The quantitative estimate of drug-likeness (QED) is 0.525. The fourth-order valence-electron chi connectivity index (χ4n) is 1.04. The van der Waals surface area contributed by atoms with E-state index in [1.54, 1.807) is 6.08 Å². The van der Waals surface area contributed by atoms with Gasteiger partial charge in [0.15, 0.2) is 0 Å². The SMILES string of the molecule is C=C\C=C/C=C(/C=C\CC)CCC. The lowest BCUT2D eigenvalue weighted by molar-refractivity contribution is 0.925. The summed E-state index contributed by atoms with van der Waals surface area (Å²) in [5.74, 6) is 0. The molecule has 0 atom stereocenters. The molecular formula is C13H20. The van der Waals surface area contributed by atoms with Gasteiger partial charge in [-0.15, -0.1) is 0 Å². The molecule has 0 amide bonds. The van der Waals surface area contributed by atoms with Crippen molar-refractivity contribution >= 4 is 0 Å². The second-order valence-electron chi connectivity index (χ2n) is 2.92. The van der Waals surface area contributed by atoms with Gasteiger partial charge in [-0.05, 0) is 18.4 Å². The fraction of sp³-hybridized carbons (Fsp3) is 0.385. The van der Waals surface area contributed by atoms with Crippen molar-refractivity contribution in [2.45, 2.75) is 33.1 Å². The highest BCUT2D eigenvalue weighted by Gasteiger charge is 1.87. The third-order valence-electron chi connectivity index (χ3n) is 1.66. The molecule has 0 saturated heterocycles. The number of allylic oxidation sites excluding steroid dienone is 7. The molecule has 13 heavy (non-hydrogen) atoms. The van der Waals surface area contributed by atoms with Gasteiger partial charge >= 0.3 is 0 Å². The molecule has 0 spiro atoms. The Hall–Kier alpha value is -1.04. The number of hydrogen-bond donors (Lipinski definition) is 0. The minimum absolute atomic E-state index is 1.10. The van der Waals surface area contributed by atoms with Crippen molar-refractivity contribution in [2.24, 2.45) is 0 Å². The number of hydrogen-bond acceptors (Lipinski definition) is 0. The molecule has 0 radical (unpaired) electrons. The Morgan fingerprint density at radius 2 is 2.00 bits per heavy atom. The minimum Gasteiger partial charge on any atom is -0.0991 e. The summed E-state index contributed by atoms with van der Waals surface area (Å²) in [6.07, 6.45) is 15.8. The molecule has 0 aliphatic rings. The smallest absolute Gasteiger partial charge is 0.0282 e. The van der Waals surface area contributed by atoms with Crippen LogP contribution in [0.1, 0.15) is 33.1 Å². The van der Waals surface area contributed by atoms with Crippen LogP contribution in [0.3, 0.4) is 0 Å². The van der Waals surface area contributed by atoms with E-state index in [-0.39, 0.29) is 0 Å². The Morgan fingerprint density at radius 3 is 2.54 bits per heavy atom. The van der Waals surface area contributed by atoms with Crippen molar-refractivity contribution < 1.29 is 0 Å². The lowest BCUT2D eigenvalue weighted by Crippen LogP contribution is -1.76. The second-order valence-corrected chi connectivity index (χ2v) is 2.92. The van der Waals surface area contributed by atoms with Crippen molar-refractivity contribution in [3.63, 3.8) is 0 Å². The molecule has 0 nitrogen and oxygen atoms in total. The molecular weight excluding hydrogens is 156 g/mol. The van der Waals surface area contributed by atoms with Crippen LogP contribution in [-0.2, 0) is 0 Å². The van der Waals surface area contributed by atoms with Gasteiger partial charge in [0, 0.05) is 0 Å². The minimum atomic E-state index is 1.10. The van der Waals surface area contributed by atoms with Crippen LogP contribution in [0.4, 0.5) is 0 Å². The molecule has 0 rings (SSSR count). The van der Waals surface area contributed by atoms with Crippen LogP contribution in [0.2, 0.25) is 0 Å². The highest BCUT2D eigenvalue weighted by molar-refractivity contribution is 5.24. The molecule has 0 fully saturated rings. The Morgan fingerprint density at radius 1 is 1.23 bits per heavy atom. The molecule has 0 aliphatic carbocycles. The van der Waals surface area contributed by atoms with Gasteiger partial charge in [0.1, 0.15) is 0 Å². The van der Waals surface area contributed by atoms with Crippen LogP contribution in [0.5, 0.6) is 0 Å². The summed E-state index contributed by atoms with van der Waals surface area (Å²) >= 11 is 0. The van der Waals surface area contributed by atoms with E-state index in [0.717, 1.165) is 12.8 Å². The van der Waals surface area contributed by atoms with E-state index in [9.17, 15) is 0 Å². The van der Waals surface area contributed by atoms with E-state index in [0.29, 0.717) is 0 Å². The molecule has 72 valence electrons. The van der Waals surface area contributed by atoms with Crippen molar-refractivity contribution in [1.82, 2.24) is 0 Å². The van der Waals surface area contributed by atoms with Crippen LogP contribution < -0.4 is 0 Å². The van der Waals surface area contributed by atoms with E-state index >= 15 is 0 Å². The molecule has 0 aromatic heterocycles. The first kappa shape index (κ1) is 12.0. The Labute approximate surface area is 82.4 Å². The maximum Gasteiger partial charge on any atom is -0.0282 e. The van der Waals surface area contributed by atoms with Crippen molar-refractivity contribution in [3.8, 4) is 0 Å². The average Bonchev–Trinajstić information content (AvgIpc) is 2.14. The number of rotatable bonds is 6. The summed E-state index contributed by atoms with van der Waals surface area (Å²) in [4.78, 5) is 0. The maximum atomic E-state index is 3.63. The molecule has 0 unspecified atom stereocenters. The fourth-order valence-corrected chi connectivity index (χ4v) is 1.04. The molecule has 0 aromatic rings. The van der Waals surface area contributed by atoms with Crippen LogP contribution in [-0.4, -0.2) is 0 Å². The first-order valence-electron chi connectivity index (χ1n) is 4.99. The zero-order valence-electron chi connectivity index (χ0n) is 8.79. The molecule has 0 aromatic carbocycles. The first-order chi connectivity index (χ1) is 6.35. The highest BCUT2D eigenvalue weighted by atomic mass is 13.9. The monoisotopic (exact) mass is 176 g/mol.